The first kappa shape index (κ1) is 18.0. The number of nitrogens with two attached hydrogens (primary N) is 1. The molecule has 0 radical (unpaired) electrons. The lowest BCUT2D eigenvalue weighted by molar-refractivity contribution is -0.138. The first-order chi connectivity index (χ1) is 9.90. The molecule has 2 atom stereocenters. The van der Waals surface area contributed by atoms with E-state index in [1.165, 1.54) is 30.4 Å². The van der Waals surface area contributed by atoms with Crippen molar-refractivity contribution in [2.75, 3.05) is 0 Å². The third kappa shape index (κ3) is 6.99. The number of aliphatic hydroxyl groups excluding tert-OH is 1. The molecule has 0 unspecified atom stereocenters. The van der Waals surface area contributed by atoms with Crippen LogP contribution in [0.3, 0.4) is 0 Å². The molecule has 0 aromatic heterocycles. The fourth-order valence-electron chi connectivity index (χ4n) is 1.59. The number of carboxylic acid groups (broad SMARTS) is 1. The van der Waals surface area contributed by atoms with Crippen molar-refractivity contribution in [3.05, 3.63) is 29.8 Å². The fraction of sp³-hybridized carbons (Fsp3) is 0.429. The average Bonchev–Trinajstić information content (AvgIpc) is 2.43. The maximum atomic E-state index is 11.2. The van der Waals surface area contributed by atoms with E-state index in [0.717, 1.165) is 10.5 Å². The van der Waals surface area contributed by atoms with Crippen molar-refractivity contribution in [2.24, 2.45) is 5.73 Å². The number of hydrogen-bond donors (Lipinski definition) is 3. The van der Waals surface area contributed by atoms with Gasteiger partial charge in [-0.2, -0.15) is 0 Å². The third-order valence-electron chi connectivity index (χ3n) is 2.70. The number of aliphatic carboxylic acids is 1. The van der Waals surface area contributed by atoms with Crippen LogP contribution in [0.15, 0.2) is 29.2 Å². The number of thioether (sulfide) groups is 2. The predicted molar refractivity (Wildman–Crippen MR) is 85.1 cm³/mol. The van der Waals surface area contributed by atoms with E-state index in [1.54, 1.807) is 0 Å². The Bertz CT molecular complexity index is 496. The molecule has 5 nitrogen and oxygen atoms in total. The number of carbonyl (C=O) groups is 2. The Labute approximate surface area is 132 Å². The highest BCUT2D eigenvalue weighted by atomic mass is 32.2. The molecule has 0 spiro atoms. The van der Waals surface area contributed by atoms with Gasteiger partial charge in [0.2, 0.25) is 0 Å². The van der Waals surface area contributed by atoms with Crippen LogP contribution in [0.2, 0.25) is 0 Å². The summed E-state index contributed by atoms with van der Waals surface area (Å²) in [6.07, 6.45) is 0.549. The summed E-state index contributed by atoms with van der Waals surface area (Å²) in [6.45, 7) is 1.51. The van der Waals surface area contributed by atoms with E-state index in [4.69, 9.17) is 10.8 Å². The van der Waals surface area contributed by atoms with E-state index in [9.17, 15) is 14.7 Å². The van der Waals surface area contributed by atoms with E-state index in [-0.39, 0.29) is 11.5 Å². The van der Waals surface area contributed by atoms with Crippen LogP contribution in [0.4, 0.5) is 0 Å². The summed E-state index contributed by atoms with van der Waals surface area (Å²) < 4.78 is 0. The molecule has 0 saturated carbocycles. The molecule has 0 saturated heterocycles. The predicted octanol–water partition coefficient (Wildman–Crippen LogP) is 2.07. The number of hydrogen-bond acceptors (Lipinski definition) is 6. The number of carboxylic acids is 1. The molecule has 0 amide bonds. The molecule has 4 N–H and O–H groups in total. The molecular formula is C14H19NO4S2. The summed E-state index contributed by atoms with van der Waals surface area (Å²) in [5, 5.41) is 18.5. The van der Waals surface area contributed by atoms with Gasteiger partial charge in [-0.15, -0.1) is 11.8 Å². The molecule has 0 aliphatic rings. The molecule has 116 valence electrons. The SMILES string of the molecule is CC(=O)Sc1ccccc1CS[C@@H](O)CC[C@H](N)C(=O)O. The smallest absolute Gasteiger partial charge is 0.320 e. The van der Waals surface area contributed by atoms with E-state index < -0.39 is 17.4 Å². The van der Waals surface area contributed by atoms with Crippen LogP contribution in [-0.4, -0.2) is 32.8 Å². The van der Waals surface area contributed by atoms with Crippen molar-refractivity contribution in [1.82, 2.24) is 0 Å². The van der Waals surface area contributed by atoms with Crippen molar-refractivity contribution >= 4 is 34.6 Å². The molecule has 1 rings (SSSR count). The Kier molecular flexibility index (Phi) is 7.81. The summed E-state index contributed by atoms with van der Waals surface area (Å²) in [7, 11) is 0. The lowest BCUT2D eigenvalue weighted by atomic mass is 10.2. The van der Waals surface area contributed by atoms with Gasteiger partial charge in [0.1, 0.15) is 6.04 Å². The molecule has 21 heavy (non-hydrogen) atoms. The summed E-state index contributed by atoms with van der Waals surface area (Å²) in [5.74, 6) is -0.504. The number of carbonyl (C=O) groups excluding carboxylic acids is 1. The molecule has 0 bridgehead atoms. The average molecular weight is 329 g/mol. The first-order valence-corrected chi connectivity index (χ1v) is 8.31. The van der Waals surface area contributed by atoms with Crippen LogP contribution >= 0.6 is 23.5 Å². The maximum absolute atomic E-state index is 11.2. The maximum Gasteiger partial charge on any atom is 0.320 e. The molecule has 0 heterocycles. The number of rotatable bonds is 8. The van der Waals surface area contributed by atoms with E-state index in [0.29, 0.717) is 12.2 Å². The van der Waals surface area contributed by atoms with Crippen molar-refractivity contribution in [2.45, 2.75) is 41.9 Å². The number of aliphatic hydroxyl groups is 1. The Morgan fingerprint density at radius 2 is 1.95 bits per heavy atom. The van der Waals surface area contributed by atoms with Crippen molar-refractivity contribution < 1.29 is 19.8 Å². The summed E-state index contributed by atoms with van der Waals surface area (Å²) in [6, 6.07) is 6.58. The van der Waals surface area contributed by atoms with Gasteiger partial charge in [0, 0.05) is 17.6 Å². The standard InChI is InChI=1S/C14H19NO4S2/c1-9(16)21-12-5-3-2-4-10(12)8-20-13(17)7-6-11(15)14(18)19/h2-5,11,13,17H,6-8,15H2,1H3,(H,18,19)/t11-,13+/m0/s1. The third-order valence-corrected chi connectivity index (χ3v) is 4.70. The van der Waals surface area contributed by atoms with E-state index in [1.807, 2.05) is 24.3 Å². The zero-order chi connectivity index (χ0) is 15.8. The normalized spacial score (nSPS) is 13.7. The van der Waals surface area contributed by atoms with Gasteiger partial charge in [0.05, 0.1) is 5.44 Å². The first-order valence-electron chi connectivity index (χ1n) is 6.44. The van der Waals surface area contributed by atoms with E-state index in [2.05, 4.69) is 0 Å². The highest BCUT2D eigenvalue weighted by Crippen LogP contribution is 2.28. The quantitative estimate of drug-likeness (QED) is 0.496. The largest absolute Gasteiger partial charge is 0.480 e. The van der Waals surface area contributed by atoms with Crippen LogP contribution in [0, 0.1) is 0 Å². The number of benzene rings is 1. The van der Waals surface area contributed by atoms with Gasteiger partial charge in [0.25, 0.3) is 0 Å². The van der Waals surface area contributed by atoms with Crippen molar-refractivity contribution in [1.29, 1.82) is 0 Å². The minimum absolute atomic E-state index is 0.0143. The Morgan fingerprint density at radius 3 is 2.57 bits per heavy atom. The van der Waals surface area contributed by atoms with Crippen LogP contribution < -0.4 is 5.73 Å². The molecule has 0 aliphatic carbocycles. The monoisotopic (exact) mass is 329 g/mol. The van der Waals surface area contributed by atoms with Gasteiger partial charge in [-0.25, -0.2) is 0 Å². The highest BCUT2D eigenvalue weighted by molar-refractivity contribution is 8.13. The molecule has 0 fully saturated rings. The lowest BCUT2D eigenvalue weighted by Crippen LogP contribution is -2.30. The second-order valence-corrected chi connectivity index (χ2v) is 6.87. The van der Waals surface area contributed by atoms with E-state index >= 15 is 0 Å². The fourth-order valence-corrected chi connectivity index (χ4v) is 3.34. The molecule has 1 aromatic rings. The van der Waals surface area contributed by atoms with Gasteiger partial charge in [0.15, 0.2) is 5.12 Å². The summed E-state index contributed by atoms with van der Waals surface area (Å²) >= 11 is 2.47. The van der Waals surface area contributed by atoms with Gasteiger partial charge in [-0.05, 0) is 24.5 Å². The van der Waals surface area contributed by atoms with Crippen molar-refractivity contribution in [3.63, 3.8) is 0 Å². The van der Waals surface area contributed by atoms with Gasteiger partial charge >= 0.3 is 5.97 Å². The molecule has 1 aromatic carbocycles. The topological polar surface area (TPSA) is 101 Å². The second kappa shape index (κ2) is 9.09. The van der Waals surface area contributed by atoms with Gasteiger partial charge in [-0.1, -0.05) is 30.0 Å². The Hall–Kier alpha value is -1.02. The zero-order valence-electron chi connectivity index (χ0n) is 11.7. The molecular weight excluding hydrogens is 310 g/mol. The van der Waals surface area contributed by atoms with Crippen LogP contribution in [0.5, 0.6) is 0 Å². The summed E-state index contributed by atoms with van der Waals surface area (Å²) in [4.78, 5) is 22.7. The Morgan fingerprint density at radius 1 is 1.29 bits per heavy atom. The summed E-state index contributed by atoms with van der Waals surface area (Å²) in [5.41, 5.74) is 5.69. The Balaban J connectivity index is 2.47. The minimum atomic E-state index is -1.06. The van der Waals surface area contributed by atoms with Crippen LogP contribution in [-0.2, 0) is 15.3 Å². The van der Waals surface area contributed by atoms with Gasteiger partial charge in [-0.3, -0.25) is 9.59 Å². The highest BCUT2D eigenvalue weighted by Gasteiger charge is 2.15. The second-order valence-electron chi connectivity index (χ2n) is 4.49. The minimum Gasteiger partial charge on any atom is -0.480 e. The molecule has 0 aliphatic heterocycles. The zero-order valence-corrected chi connectivity index (χ0v) is 13.3. The lowest BCUT2D eigenvalue weighted by Gasteiger charge is -2.13. The molecule has 7 heteroatoms. The van der Waals surface area contributed by atoms with Crippen LogP contribution in [0.1, 0.15) is 25.3 Å². The van der Waals surface area contributed by atoms with Crippen LogP contribution in [0.25, 0.3) is 0 Å². The van der Waals surface area contributed by atoms with Crippen molar-refractivity contribution in [3.8, 4) is 0 Å². The van der Waals surface area contributed by atoms with Gasteiger partial charge < -0.3 is 15.9 Å².